The number of esters is 1. The Morgan fingerprint density at radius 2 is 1.80 bits per heavy atom. The van der Waals surface area contributed by atoms with Crippen LogP contribution < -0.4 is 5.32 Å². The molecular formula is C19H21NO5. The van der Waals surface area contributed by atoms with E-state index in [0.29, 0.717) is 5.56 Å². The number of hydrogen-bond acceptors (Lipinski definition) is 4. The molecule has 2 atom stereocenters. The molecule has 6 nitrogen and oxygen atoms in total. The van der Waals surface area contributed by atoms with Crippen molar-refractivity contribution in [3.8, 4) is 0 Å². The summed E-state index contributed by atoms with van der Waals surface area (Å²) in [5.41, 5.74) is 0.369. The van der Waals surface area contributed by atoms with Gasteiger partial charge in [-0.15, -0.1) is 0 Å². The number of ether oxygens (including phenoxy) is 1. The fourth-order valence-corrected chi connectivity index (χ4v) is 2.53. The quantitative estimate of drug-likeness (QED) is 0.754. The smallest absolute Gasteiger partial charge is 0.326 e. The van der Waals surface area contributed by atoms with Gasteiger partial charge in [0, 0.05) is 5.56 Å². The van der Waals surface area contributed by atoms with Gasteiger partial charge in [-0.1, -0.05) is 37.3 Å². The van der Waals surface area contributed by atoms with Crippen LogP contribution in [0.5, 0.6) is 0 Å². The van der Waals surface area contributed by atoms with E-state index in [9.17, 15) is 19.5 Å². The van der Waals surface area contributed by atoms with Crippen LogP contribution in [0.2, 0.25) is 0 Å². The van der Waals surface area contributed by atoms with Crippen LogP contribution in [-0.4, -0.2) is 35.6 Å². The molecule has 25 heavy (non-hydrogen) atoms. The Balaban J connectivity index is 2.10. The van der Waals surface area contributed by atoms with Gasteiger partial charge in [-0.2, -0.15) is 0 Å². The number of carboxylic acids is 1. The van der Waals surface area contributed by atoms with Crippen molar-refractivity contribution in [3.05, 3.63) is 48.0 Å². The molecule has 0 saturated heterocycles. The number of carboxylic acid groups (broad SMARTS) is 1. The molecule has 0 unspecified atom stereocenters. The molecule has 2 aromatic rings. The van der Waals surface area contributed by atoms with Gasteiger partial charge in [0.25, 0.3) is 5.91 Å². The molecule has 0 aromatic heterocycles. The van der Waals surface area contributed by atoms with Crippen molar-refractivity contribution in [1.82, 2.24) is 5.32 Å². The maximum absolute atomic E-state index is 12.4. The normalized spacial score (nSPS) is 13.0. The lowest BCUT2D eigenvalue weighted by atomic mass is 10.0. The summed E-state index contributed by atoms with van der Waals surface area (Å²) in [5.74, 6) is -2.79. The zero-order chi connectivity index (χ0) is 18.4. The van der Waals surface area contributed by atoms with Crippen molar-refractivity contribution in [2.45, 2.75) is 26.3 Å². The Labute approximate surface area is 145 Å². The second-order valence-electron chi connectivity index (χ2n) is 5.82. The molecule has 0 saturated carbocycles. The molecule has 0 aliphatic rings. The average Bonchev–Trinajstić information content (AvgIpc) is 2.60. The van der Waals surface area contributed by atoms with Crippen molar-refractivity contribution < 1.29 is 24.2 Å². The van der Waals surface area contributed by atoms with Crippen molar-refractivity contribution in [3.63, 3.8) is 0 Å². The average molecular weight is 343 g/mol. The van der Waals surface area contributed by atoms with Crippen LogP contribution in [0.15, 0.2) is 42.5 Å². The Hall–Kier alpha value is -2.89. The molecule has 0 heterocycles. The number of carbonyl (C=O) groups is 3. The number of nitrogens with one attached hydrogen (secondary N) is 1. The fraction of sp³-hybridized carbons (Fsp3) is 0.316. The van der Waals surface area contributed by atoms with Gasteiger partial charge in [-0.3, -0.25) is 9.59 Å². The molecule has 1 amide bonds. The summed E-state index contributed by atoms with van der Waals surface area (Å²) in [4.78, 5) is 35.5. The van der Waals surface area contributed by atoms with E-state index in [0.717, 1.165) is 10.8 Å². The van der Waals surface area contributed by atoms with Crippen molar-refractivity contribution in [2.75, 3.05) is 6.61 Å². The lowest BCUT2D eigenvalue weighted by molar-refractivity contribution is -0.148. The van der Waals surface area contributed by atoms with E-state index >= 15 is 0 Å². The molecule has 0 bridgehead atoms. The number of amides is 1. The van der Waals surface area contributed by atoms with Crippen molar-refractivity contribution >= 4 is 28.6 Å². The Kier molecular flexibility index (Phi) is 6.11. The molecule has 0 radical (unpaired) electrons. The zero-order valence-electron chi connectivity index (χ0n) is 14.2. The largest absolute Gasteiger partial charge is 0.480 e. The van der Waals surface area contributed by atoms with Crippen LogP contribution in [0.1, 0.15) is 30.6 Å². The zero-order valence-corrected chi connectivity index (χ0v) is 14.2. The van der Waals surface area contributed by atoms with E-state index in [1.165, 1.54) is 0 Å². The number of benzene rings is 2. The number of carbonyl (C=O) groups excluding carboxylic acids is 2. The lowest BCUT2D eigenvalue weighted by Crippen LogP contribution is -2.42. The number of fused-ring (bicyclic) bond motifs is 1. The molecule has 132 valence electrons. The van der Waals surface area contributed by atoms with Gasteiger partial charge in [0.15, 0.2) is 0 Å². The van der Waals surface area contributed by atoms with Gasteiger partial charge < -0.3 is 15.2 Å². The van der Waals surface area contributed by atoms with Crippen LogP contribution in [0, 0.1) is 5.92 Å². The maximum Gasteiger partial charge on any atom is 0.326 e. The topological polar surface area (TPSA) is 92.7 Å². The number of hydrogen-bond donors (Lipinski definition) is 2. The minimum Gasteiger partial charge on any atom is -0.480 e. The molecule has 0 spiro atoms. The first kappa shape index (κ1) is 18.4. The summed E-state index contributed by atoms with van der Waals surface area (Å²) in [6.45, 7) is 3.49. The Morgan fingerprint density at radius 3 is 2.44 bits per heavy atom. The predicted octanol–water partition coefficient (Wildman–Crippen LogP) is 2.61. The van der Waals surface area contributed by atoms with Crippen molar-refractivity contribution in [1.29, 1.82) is 0 Å². The monoisotopic (exact) mass is 343 g/mol. The molecule has 0 aliphatic carbocycles. The first-order valence-corrected chi connectivity index (χ1v) is 8.11. The van der Waals surface area contributed by atoms with Crippen LogP contribution in [0.4, 0.5) is 0 Å². The van der Waals surface area contributed by atoms with Gasteiger partial charge in [0.1, 0.15) is 6.04 Å². The fourth-order valence-electron chi connectivity index (χ4n) is 2.53. The molecule has 2 N–H and O–H groups in total. The highest BCUT2D eigenvalue weighted by Crippen LogP contribution is 2.16. The third-order valence-electron chi connectivity index (χ3n) is 3.89. The van der Waals surface area contributed by atoms with E-state index < -0.39 is 29.8 Å². The van der Waals surface area contributed by atoms with E-state index in [2.05, 4.69) is 5.32 Å². The molecule has 0 fully saturated rings. The van der Waals surface area contributed by atoms with Gasteiger partial charge in [-0.25, -0.2) is 4.79 Å². The predicted molar refractivity (Wildman–Crippen MR) is 93.3 cm³/mol. The molecule has 2 rings (SSSR count). The highest BCUT2D eigenvalue weighted by molar-refractivity contribution is 6.00. The molecule has 2 aromatic carbocycles. The summed E-state index contributed by atoms with van der Waals surface area (Å²) >= 11 is 0. The number of rotatable bonds is 7. The Morgan fingerprint density at radius 1 is 1.12 bits per heavy atom. The van der Waals surface area contributed by atoms with E-state index in [-0.39, 0.29) is 13.0 Å². The SMILES string of the molecule is CCOC(=O)[C@@H](C)C[C@@H](NC(=O)c1ccc2ccccc2c1)C(=O)O. The lowest BCUT2D eigenvalue weighted by Gasteiger charge is -2.18. The summed E-state index contributed by atoms with van der Waals surface area (Å²) < 4.78 is 4.88. The van der Waals surface area contributed by atoms with Crippen molar-refractivity contribution in [2.24, 2.45) is 5.92 Å². The minimum atomic E-state index is -1.19. The highest BCUT2D eigenvalue weighted by atomic mass is 16.5. The second kappa shape index (κ2) is 8.28. The van der Waals surface area contributed by atoms with E-state index in [4.69, 9.17) is 4.74 Å². The third kappa shape index (κ3) is 4.79. The minimum absolute atomic E-state index is 0.0342. The van der Waals surface area contributed by atoms with Crippen LogP contribution in [-0.2, 0) is 14.3 Å². The summed E-state index contributed by atoms with van der Waals surface area (Å²) in [5, 5.41) is 13.7. The van der Waals surface area contributed by atoms with Crippen LogP contribution in [0.25, 0.3) is 10.8 Å². The summed E-state index contributed by atoms with van der Waals surface area (Å²) in [6.07, 6.45) is -0.0342. The van der Waals surface area contributed by atoms with Gasteiger partial charge in [0.05, 0.1) is 12.5 Å². The van der Waals surface area contributed by atoms with E-state index in [1.54, 1.807) is 32.0 Å². The van der Waals surface area contributed by atoms with Gasteiger partial charge in [-0.05, 0) is 36.2 Å². The molecular weight excluding hydrogens is 322 g/mol. The maximum atomic E-state index is 12.4. The summed E-state index contributed by atoms with van der Waals surface area (Å²) in [6, 6.07) is 11.6. The summed E-state index contributed by atoms with van der Waals surface area (Å²) in [7, 11) is 0. The molecule has 6 heteroatoms. The second-order valence-corrected chi connectivity index (χ2v) is 5.82. The first-order valence-electron chi connectivity index (χ1n) is 8.11. The van der Waals surface area contributed by atoms with Crippen LogP contribution in [0.3, 0.4) is 0 Å². The Bertz CT molecular complexity index is 786. The number of aliphatic carboxylic acids is 1. The third-order valence-corrected chi connectivity index (χ3v) is 3.89. The van der Waals surface area contributed by atoms with E-state index in [1.807, 2.05) is 24.3 Å². The molecule has 0 aliphatic heterocycles. The standard InChI is InChI=1S/C19H21NO5/c1-3-25-19(24)12(2)10-16(18(22)23)20-17(21)15-9-8-13-6-4-5-7-14(13)11-15/h4-9,11-12,16H,3,10H2,1-2H3,(H,20,21)(H,22,23)/t12-,16+/m0/s1. The highest BCUT2D eigenvalue weighted by Gasteiger charge is 2.26. The van der Waals surface area contributed by atoms with Crippen LogP contribution >= 0.6 is 0 Å². The first-order chi connectivity index (χ1) is 11.9. The van der Waals surface area contributed by atoms with Gasteiger partial charge >= 0.3 is 11.9 Å². The van der Waals surface area contributed by atoms with Gasteiger partial charge in [0.2, 0.25) is 0 Å².